The molecule has 1 heterocycles. The van der Waals surface area contributed by atoms with Gasteiger partial charge in [-0.1, -0.05) is 6.92 Å². The number of aromatic carboxylic acids is 1. The fraction of sp³-hybridized carbons (Fsp3) is 0.375. The van der Waals surface area contributed by atoms with Gasteiger partial charge in [0.25, 0.3) is 0 Å². The molecule has 0 unspecified atom stereocenters. The van der Waals surface area contributed by atoms with Gasteiger partial charge in [-0.15, -0.1) is 0 Å². The van der Waals surface area contributed by atoms with Crippen molar-refractivity contribution in [3.8, 4) is 0 Å². The quantitative estimate of drug-likeness (QED) is 0.690. The van der Waals surface area contributed by atoms with E-state index in [4.69, 9.17) is 5.11 Å². The van der Waals surface area contributed by atoms with E-state index in [0.29, 0.717) is 17.8 Å². The highest BCUT2D eigenvalue weighted by Crippen LogP contribution is 2.07. The SMILES string of the molecule is CCc1nc(=O)[nH]c(C)c1C(=O)O. The van der Waals surface area contributed by atoms with Gasteiger partial charge in [-0.2, -0.15) is 4.98 Å². The third-order valence-corrected chi connectivity index (χ3v) is 1.74. The summed E-state index contributed by atoms with van der Waals surface area (Å²) in [6.07, 6.45) is 0.437. The molecule has 1 aromatic heterocycles. The Labute approximate surface area is 74.4 Å². The Morgan fingerprint density at radius 2 is 2.23 bits per heavy atom. The van der Waals surface area contributed by atoms with Gasteiger partial charge in [-0.3, -0.25) is 0 Å². The molecule has 0 amide bonds. The monoisotopic (exact) mass is 182 g/mol. The minimum Gasteiger partial charge on any atom is -0.478 e. The summed E-state index contributed by atoms with van der Waals surface area (Å²) in [6, 6.07) is 0. The van der Waals surface area contributed by atoms with Crippen LogP contribution in [-0.2, 0) is 6.42 Å². The summed E-state index contributed by atoms with van der Waals surface area (Å²) in [7, 11) is 0. The van der Waals surface area contributed by atoms with Crippen LogP contribution in [0.4, 0.5) is 0 Å². The van der Waals surface area contributed by atoms with Crippen LogP contribution in [0.1, 0.15) is 28.7 Å². The summed E-state index contributed by atoms with van der Waals surface area (Å²) in [5.41, 5.74) is 0.277. The lowest BCUT2D eigenvalue weighted by Gasteiger charge is -2.03. The Bertz CT molecular complexity index is 395. The molecule has 13 heavy (non-hydrogen) atoms. The fourth-order valence-corrected chi connectivity index (χ4v) is 1.19. The van der Waals surface area contributed by atoms with Crippen molar-refractivity contribution in [2.45, 2.75) is 20.3 Å². The van der Waals surface area contributed by atoms with Crippen molar-refractivity contribution in [2.24, 2.45) is 0 Å². The topological polar surface area (TPSA) is 83.0 Å². The molecular formula is C8H10N2O3. The number of carboxylic acids is 1. The van der Waals surface area contributed by atoms with Crippen molar-refractivity contribution < 1.29 is 9.90 Å². The average molecular weight is 182 g/mol. The molecule has 0 spiro atoms. The van der Waals surface area contributed by atoms with Crippen molar-refractivity contribution in [2.75, 3.05) is 0 Å². The van der Waals surface area contributed by atoms with Gasteiger partial charge in [0, 0.05) is 5.69 Å². The maximum atomic E-state index is 10.9. The molecule has 0 atom stereocenters. The van der Waals surface area contributed by atoms with Crippen molar-refractivity contribution in [3.05, 3.63) is 27.4 Å². The molecule has 0 saturated heterocycles. The number of aromatic nitrogens is 2. The van der Waals surface area contributed by atoms with E-state index in [1.54, 1.807) is 13.8 Å². The number of rotatable bonds is 2. The molecule has 0 aliphatic carbocycles. The lowest BCUT2D eigenvalue weighted by atomic mass is 10.1. The van der Waals surface area contributed by atoms with Crippen LogP contribution >= 0.6 is 0 Å². The molecule has 0 fully saturated rings. The number of H-pyrrole nitrogens is 1. The fourth-order valence-electron chi connectivity index (χ4n) is 1.19. The first kappa shape index (κ1) is 9.44. The third-order valence-electron chi connectivity index (χ3n) is 1.74. The van der Waals surface area contributed by atoms with Crippen LogP contribution < -0.4 is 5.69 Å². The molecule has 0 aliphatic rings. The molecule has 2 N–H and O–H groups in total. The molecule has 1 aromatic rings. The summed E-state index contributed by atoms with van der Waals surface area (Å²) >= 11 is 0. The zero-order valence-corrected chi connectivity index (χ0v) is 7.42. The number of carboxylic acid groups (broad SMARTS) is 1. The Hall–Kier alpha value is -1.65. The summed E-state index contributed by atoms with van der Waals surface area (Å²) in [5, 5.41) is 8.81. The van der Waals surface area contributed by atoms with E-state index < -0.39 is 11.7 Å². The van der Waals surface area contributed by atoms with Crippen LogP contribution in [0, 0.1) is 6.92 Å². The molecule has 5 nitrogen and oxygen atoms in total. The zero-order chi connectivity index (χ0) is 10.0. The summed E-state index contributed by atoms with van der Waals surface area (Å²) in [6.45, 7) is 3.30. The van der Waals surface area contributed by atoms with E-state index in [-0.39, 0.29) is 5.56 Å². The highest BCUT2D eigenvalue weighted by molar-refractivity contribution is 5.89. The maximum absolute atomic E-state index is 10.9. The second kappa shape index (κ2) is 3.38. The van der Waals surface area contributed by atoms with E-state index >= 15 is 0 Å². The van der Waals surface area contributed by atoms with Gasteiger partial charge in [0.1, 0.15) is 5.56 Å². The van der Waals surface area contributed by atoms with E-state index in [1.165, 1.54) is 0 Å². The number of carbonyl (C=O) groups is 1. The third kappa shape index (κ3) is 1.74. The predicted octanol–water partition coefficient (Wildman–Crippen LogP) is 0.339. The van der Waals surface area contributed by atoms with Gasteiger partial charge < -0.3 is 10.1 Å². The van der Waals surface area contributed by atoms with Crippen LogP contribution in [0.5, 0.6) is 0 Å². The summed E-state index contributed by atoms with van der Waals surface area (Å²) < 4.78 is 0. The van der Waals surface area contributed by atoms with Crippen LogP contribution in [0.25, 0.3) is 0 Å². The maximum Gasteiger partial charge on any atom is 0.345 e. The van der Waals surface area contributed by atoms with Gasteiger partial charge in [0.15, 0.2) is 0 Å². The second-order valence-electron chi connectivity index (χ2n) is 2.65. The lowest BCUT2D eigenvalue weighted by Crippen LogP contribution is -2.19. The summed E-state index contributed by atoms with van der Waals surface area (Å²) in [5.74, 6) is -1.06. The number of aryl methyl sites for hydroxylation is 2. The van der Waals surface area contributed by atoms with Crippen molar-refractivity contribution in [1.82, 2.24) is 9.97 Å². The normalized spacial score (nSPS) is 10.0. The molecule has 1 rings (SSSR count). The Balaban J connectivity index is 3.47. The number of hydrogen-bond donors (Lipinski definition) is 2. The number of nitrogens with one attached hydrogen (secondary N) is 1. The molecule has 0 bridgehead atoms. The number of hydrogen-bond acceptors (Lipinski definition) is 3. The van der Waals surface area contributed by atoms with Crippen molar-refractivity contribution in [1.29, 1.82) is 0 Å². The van der Waals surface area contributed by atoms with Gasteiger partial charge in [-0.05, 0) is 13.3 Å². The van der Waals surface area contributed by atoms with Gasteiger partial charge in [0.2, 0.25) is 0 Å². The summed E-state index contributed by atoms with van der Waals surface area (Å²) in [4.78, 5) is 27.6. The van der Waals surface area contributed by atoms with E-state index in [1.807, 2.05) is 0 Å². The minimum absolute atomic E-state index is 0.0992. The number of aromatic amines is 1. The highest BCUT2D eigenvalue weighted by Gasteiger charge is 2.14. The smallest absolute Gasteiger partial charge is 0.345 e. The molecule has 5 heteroatoms. The Morgan fingerprint density at radius 1 is 1.62 bits per heavy atom. The average Bonchev–Trinajstić information content (AvgIpc) is 2.01. The van der Waals surface area contributed by atoms with Crippen LogP contribution in [-0.4, -0.2) is 21.0 Å². The Morgan fingerprint density at radius 3 is 2.69 bits per heavy atom. The Kier molecular flexibility index (Phi) is 2.46. The standard InChI is InChI=1S/C8H10N2O3/c1-3-5-6(7(11)12)4(2)9-8(13)10-5/h3H2,1-2H3,(H,11,12)(H,9,10,13). The molecule has 70 valence electrons. The van der Waals surface area contributed by atoms with E-state index in [2.05, 4.69) is 9.97 Å². The van der Waals surface area contributed by atoms with Crippen LogP contribution in [0.3, 0.4) is 0 Å². The van der Waals surface area contributed by atoms with Crippen molar-refractivity contribution >= 4 is 5.97 Å². The van der Waals surface area contributed by atoms with Gasteiger partial charge in [0.05, 0.1) is 5.69 Å². The molecule has 0 saturated carbocycles. The highest BCUT2D eigenvalue weighted by atomic mass is 16.4. The molecule has 0 radical (unpaired) electrons. The van der Waals surface area contributed by atoms with Crippen LogP contribution in [0.15, 0.2) is 4.79 Å². The largest absolute Gasteiger partial charge is 0.478 e. The van der Waals surface area contributed by atoms with E-state index in [9.17, 15) is 9.59 Å². The van der Waals surface area contributed by atoms with Crippen LogP contribution in [0.2, 0.25) is 0 Å². The molecular weight excluding hydrogens is 172 g/mol. The first-order valence-corrected chi connectivity index (χ1v) is 3.89. The minimum atomic E-state index is -1.06. The molecule has 0 aliphatic heterocycles. The predicted molar refractivity (Wildman–Crippen MR) is 45.9 cm³/mol. The zero-order valence-electron chi connectivity index (χ0n) is 7.42. The van der Waals surface area contributed by atoms with E-state index in [0.717, 1.165) is 0 Å². The molecule has 0 aromatic carbocycles. The lowest BCUT2D eigenvalue weighted by molar-refractivity contribution is 0.0693. The first-order valence-electron chi connectivity index (χ1n) is 3.89. The number of nitrogens with zero attached hydrogens (tertiary/aromatic N) is 1. The first-order chi connectivity index (χ1) is 6.06. The second-order valence-corrected chi connectivity index (χ2v) is 2.65. The van der Waals surface area contributed by atoms with Crippen molar-refractivity contribution in [3.63, 3.8) is 0 Å². The van der Waals surface area contributed by atoms with Gasteiger partial charge in [-0.25, -0.2) is 9.59 Å². The van der Waals surface area contributed by atoms with Gasteiger partial charge >= 0.3 is 11.7 Å².